The molecule has 1 aliphatic heterocycles. The monoisotopic (exact) mass is 333 g/mol. The lowest BCUT2D eigenvalue weighted by molar-refractivity contribution is 0.0628. The van der Waals surface area contributed by atoms with Gasteiger partial charge in [-0.05, 0) is 29.8 Å². The average Bonchev–Trinajstić information content (AvgIpc) is 2.58. The fourth-order valence-corrected chi connectivity index (χ4v) is 2.90. The van der Waals surface area contributed by atoms with Crippen molar-refractivity contribution in [1.29, 1.82) is 0 Å². The summed E-state index contributed by atoms with van der Waals surface area (Å²) in [5.41, 5.74) is 1.57. The SMILES string of the molecule is O=C(c1ccncc1)N1CCN(Cc2ccc(F)cc2Cl)CC1. The van der Waals surface area contributed by atoms with Gasteiger partial charge >= 0.3 is 0 Å². The van der Waals surface area contributed by atoms with Crippen molar-refractivity contribution in [2.24, 2.45) is 0 Å². The van der Waals surface area contributed by atoms with Gasteiger partial charge in [0.05, 0.1) is 0 Å². The van der Waals surface area contributed by atoms with Gasteiger partial charge in [-0.2, -0.15) is 0 Å². The minimum Gasteiger partial charge on any atom is -0.336 e. The second kappa shape index (κ2) is 7.06. The molecular formula is C17H17ClFN3O. The summed E-state index contributed by atoms with van der Waals surface area (Å²) < 4.78 is 13.1. The first-order chi connectivity index (χ1) is 11.1. The van der Waals surface area contributed by atoms with E-state index < -0.39 is 0 Å². The van der Waals surface area contributed by atoms with Gasteiger partial charge in [0.1, 0.15) is 5.82 Å². The third-order valence-electron chi connectivity index (χ3n) is 4.00. The zero-order valence-electron chi connectivity index (χ0n) is 12.6. The maximum atomic E-state index is 13.1. The van der Waals surface area contributed by atoms with Crippen LogP contribution in [0, 0.1) is 5.82 Å². The molecule has 0 atom stereocenters. The highest BCUT2D eigenvalue weighted by Crippen LogP contribution is 2.20. The highest BCUT2D eigenvalue weighted by atomic mass is 35.5. The molecule has 0 aliphatic carbocycles. The van der Waals surface area contributed by atoms with Gasteiger partial charge in [-0.15, -0.1) is 0 Å². The summed E-state index contributed by atoms with van der Waals surface area (Å²) in [4.78, 5) is 20.4. The third kappa shape index (κ3) is 3.86. The highest BCUT2D eigenvalue weighted by molar-refractivity contribution is 6.31. The maximum absolute atomic E-state index is 13.1. The summed E-state index contributed by atoms with van der Waals surface area (Å²) in [6.45, 7) is 3.53. The largest absolute Gasteiger partial charge is 0.336 e. The smallest absolute Gasteiger partial charge is 0.254 e. The van der Waals surface area contributed by atoms with Gasteiger partial charge in [-0.3, -0.25) is 14.7 Å². The minimum absolute atomic E-state index is 0.0341. The molecule has 1 fully saturated rings. The van der Waals surface area contributed by atoms with Gasteiger partial charge < -0.3 is 4.90 Å². The molecule has 0 N–H and O–H groups in total. The molecule has 23 heavy (non-hydrogen) atoms. The van der Waals surface area contributed by atoms with Crippen molar-refractivity contribution >= 4 is 17.5 Å². The number of benzene rings is 1. The Hall–Kier alpha value is -1.98. The van der Waals surface area contributed by atoms with E-state index in [0.29, 0.717) is 30.2 Å². The van der Waals surface area contributed by atoms with Gasteiger partial charge in [0.15, 0.2) is 0 Å². The van der Waals surface area contributed by atoms with E-state index in [1.54, 1.807) is 30.6 Å². The van der Waals surface area contributed by atoms with Crippen molar-refractivity contribution in [3.8, 4) is 0 Å². The van der Waals surface area contributed by atoms with Crippen LogP contribution < -0.4 is 0 Å². The molecule has 1 aromatic heterocycles. The summed E-state index contributed by atoms with van der Waals surface area (Å²) in [6.07, 6.45) is 3.25. The van der Waals surface area contributed by atoms with E-state index in [1.807, 2.05) is 4.90 Å². The summed E-state index contributed by atoms with van der Waals surface area (Å²) in [7, 11) is 0. The summed E-state index contributed by atoms with van der Waals surface area (Å²) >= 11 is 6.07. The fourth-order valence-electron chi connectivity index (χ4n) is 2.68. The van der Waals surface area contributed by atoms with Crippen molar-refractivity contribution in [1.82, 2.24) is 14.8 Å². The molecule has 4 nitrogen and oxygen atoms in total. The lowest BCUT2D eigenvalue weighted by atomic mass is 10.1. The normalized spacial score (nSPS) is 15.7. The van der Waals surface area contributed by atoms with Crippen LogP contribution in [0.1, 0.15) is 15.9 Å². The Morgan fingerprint density at radius 3 is 2.48 bits per heavy atom. The molecule has 1 aromatic carbocycles. The zero-order chi connectivity index (χ0) is 16.2. The van der Waals surface area contributed by atoms with Crippen molar-refractivity contribution < 1.29 is 9.18 Å². The predicted octanol–water partition coefficient (Wildman–Crippen LogP) is 2.83. The second-order valence-corrected chi connectivity index (χ2v) is 5.95. The molecule has 1 aliphatic rings. The number of carbonyl (C=O) groups is 1. The Labute approximate surface area is 139 Å². The van der Waals surface area contributed by atoms with Crippen LogP contribution in [0.25, 0.3) is 0 Å². The molecule has 2 heterocycles. The van der Waals surface area contributed by atoms with Crippen LogP contribution in [0.4, 0.5) is 4.39 Å². The number of rotatable bonds is 3. The van der Waals surface area contributed by atoms with E-state index in [1.165, 1.54) is 12.1 Å². The summed E-state index contributed by atoms with van der Waals surface area (Å²) in [6, 6.07) is 7.93. The van der Waals surface area contributed by atoms with Gasteiger partial charge in [-0.25, -0.2) is 4.39 Å². The van der Waals surface area contributed by atoms with Crippen LogP contribution in [-0.2, 0) is 6.54 Å². The molecule has 1 amide bonds. The van der Waals surface area contributed by atoms with Gasteiger partial charge in [0.25, 0.3) is 5.91 Å². The molecular weight excluding hydrogens is 317 g/mol. The van der Waals surface area contributed by atoms with Gasteiger partial charge in [-0.1, -0.05) is 17.7 Å². The molecule has 0 bridgehead atoms. The van der Waals surface area contributed by atoms with Gasteiger partial charge in [0.2, 0.25) is 0 Å². The molecule has 1 saturated heterocycles. The van der Waals surface area contributed by atoms with E-state index >= 15 is 0 Å². The lowest BCUT2D eigenvalue weighted by Gasteiger charge is -2.35. The summed E-state index contributed by atoms with van der Waals surface area (Å²) in [5.74, 6) is -0.293. The first-order valence-corrected chi connectivity index (χ1v) is 7.87. The number of pyridine rings is 1. The Kier molecular flexibility index (Phi) is 4.88. The second-order valence-electron chi connectivity index (χ2n) is 5.54. The highest BCUT2D eigenvalue weighted by Gasteiger charge is 2.22. The number of hydrogen-bond acceptors (Lipinski definition) is 3. The zero-order valence-corrected chi connectivity index (χ0v) is 13.3. The van der Waals surface area contributed by atoms with Crippen LogP contribution in [0.5, 0.6) is 0 Å². The number of hydrogen-bond donors (Lipinski definition) is 0. The quantitative estimate of drug-likeness (QED) is 0.866. The van der Waals surface area contributed by atoms with Crippen molar-refractivity contribution in [2.45, 2.75) is 6.54 Å². The number of aromatic nitrogens is 1. The lowest BCUT2D eigenvalue weighted by Crippen LogP contribution is -2.48. The Balaban J connectivity index is 1.57. The van der Waals surface area contributed by atoms with Crippen LogP contribution in [0.3, 0.4) is 0 Å². The van der Waals surface area contributed by atoms with Gasteiger partial charge in [0, 0.05) is 55.7 Å². The molecule has 3 rings (SSSR count). The van der Waals surface area contributed by atoms with E-state index in [4.69, 9.17) is 11.6 Å². The molecule has 0 saturated carbocycles. The van der Waals surface area contributed by atoms with E-state index in [0.717, 1.165) is 18.7 Å². The number of amides is 1. The average molecular weight is 334 g/mol. The molecule has 0 spiro atoms. The Morgan fingerprint density at radius 2 is 1.83 bits per heavy atom. The van der Waals surface area contributed by atoms with Crippen molar-refractivity contribution in [3.63, 3.8) is 0 Å². The number of carbonyl (C=O) groups excluding carboxylic acids is 1. The maximum Gasteiger partial charge on any atom is 0.254 e. The topological polar surface area (TPSA) is 36.4 Å². The molecule has 6 heteroatoms. The number of piperazine rings is 1. The van der Waals surface area contributed by atoms with Crippen molar-refractivity contribution in [2.75, 3.05) is 26.2 Å². The summed E-state index contributed by atoms with van der Waals surface area (Å²) in [5, 5.41) is 0.445. The Morgan fingerprint density at radius 1 is 1.13 bits per heavy atom. The molecule has 2 aromatic rings. The minimum atomic E-state index is -0.327. The Bertz CT molecular complexity index is 687. The van der Waals surface area contributed by atoms with E-state index in [2.05, 4.69) is 9.88 Å². The van der Waals surface area contributed by atoms with Crippen molar-refractivity contribution in [3.05, 3.63) is 64.7 Å². The molecule has 0 unspecified atom stereocenters. The first-order valence-electron chi connectivity index (χ1n) is 7.49. The van der Waals surface area contributed by atoms with E-state index in [-0.39, 0.29) is 11.7 Å². The van der Waals surface area contributed by atoms with E-state index in [9.17, 15) is 9.18 Å². The van der Waals surface area contributed by atoms with Crippen LogP contribution in [0.2, 0.25) is 5.02 Å². The van der Waals surface area contributed by atoms with Crippen LogP contribution in [0.15, 0.2) is 42.7 Å². The number of halogens is 2. The molecule has 0 radical (unpaired) electrons. The third-order valence-corrected chi connectivity index (χ3v) is 4.35. The predicted molar refractivity (Wildman–Crippen MR) is 86.8 cm³/mol. The standard InChI is InChI=1S/C17H17ClFN3O/c18-16-11-15(19)2-1-14(16)12-21-7-9-22(10-8-21)17(23)13-3-5-20-6-4-13/h1-6,11H,7-10,12H2. The number of nitrogens with zero attached hydrogens (tertiary/aromatic N) is 3. The molecule has 120 valence electrons. The first kappa shape index (κ1) is 15.9. The van der Waals surface area contributed by atoms with Crippen LogP contribution in [-0.4, -0.2) is 46.9 Å². The fraction of sp³-hybridized carbons (Fsp3) is 0.294. The van der Waals surface area contributed by atoms with Crippen LogP contribution >= 0.6 is 11.6 Å².